The number of hydrogen-bond donors (Lipinski definition) is 3. The Balaban J connectivity index is 3.35. The molecule has 6 heteroatoms. The van der Waals surface area contributed by atoms with Crippen LogP contribution in [0.15, 0.2) is 24.3 Å². The molecule has 0 saturated heterocycles. The van der Waals surface area contributed by atoms with E-state index in [0.717, 1.165) is 44.9 Å². The molecule has 3 N–H and O–H groups in total. The fourth-order valence-corrected chi connectivity index (χ4v) is 10.0. The van der Waals surface area contributed by atoms with Gasteiger partial charge >= 0.3 is 5.97 Å². The molecule has 0 heterocycles. The number of esters is 1. The van der Waals surface area contributed by atoms with Crippen LogP contribution in [-0.2, 0) is 14.3 Å². The number of rotatable bonds is 60. The Morgan fingerprint density at radius 1 is 0.380 bits per heavy atom. The lowest BCUT2D eigenvalue weighted by Gasteiger charge is -2.20. The highest BCUT2D eigenvalue weighted by Crippen LogP contribution is 2.18. The van der Waals surface area contributed by atoms with Gasteiger partial charge < -0.3 is 20.3 Å². The van der Waals surface area contributed by atoms with E-state index in [1.165, 1.54) is 283 Å². The van der Waals surface area contributed by atoms with Crippen molar-refractivity contribution >= 4 is 11.9 Å². The third-order valence-corrected chi connectivity index (χ3v) is 15.0. The fraction of sp³-hybridized carbons (Fsp3) is 0.908. The summed E-state index contributed by atoms with van der Waals surface area (Å²) >= 11 is 0. The molecule has 2 unspecified atom stereocenters. The molecule has 0 saturated carbocycles. The molecule has 2 atom stereocenters. The van der Waals surface area contributed by atoms with E-state index in [9.17, 15) is 19.8 Å². The lowest BCUT2D eigenvalue weighted by Crippen LogP contribution is -2.45. The molecule has 6 nitrogen and oxygen atoms in total. The van der Waals surface area contributed by atoms with Crippen molar-refractivity contribution in [3.63, 3.8) is 0 Å². The summed E-state index contributed by atoms with van der Waals surface area (Å²) in [5.41, 5.74) is 0. The van der Waals surface area contributed by atoms with E-state index in [1.54, 1.807) is 6.08 Å². The van der Waals surface area contributed by atoms with Crippen LogP contribution in [0, 0.1) is 0 Å². The second kappa shape index (κ2) is 60.9. The smallest absolute Gasteiger partial charge is 0.305 e. The number of aliphatic hydroxyl groups is 2. The van der Waals surface area contributed by atoms with E-state index >= 15 is 0 Å². The van der Waals surface area contributed by atoms with Gasteiger partial charge in [0.2, 0.25) is 5.91 Å². The number of allylic oxidation sites excluding steroid dienone is 3. The minimum Gasteiger partial charge on any atom is -0.466 e. The van der Waals surface area contributed by atoms with E-state index in [2.05, 4.69) is 31.3 Å². The number of nitrogens with one attached hydrogen (secondary N) is 1. The molecule has 0 rings (SSSR count). The van der Waals surface area contributed by atoms with Crippen LogP contribution < -0.4 is 5.32 Å². The zero-order chi connectivity index (χ0) is 51.4. The summed E-state index contributed by atoms with van der Waals surface area (Å²) in [4.78, 5) is 24.5. The van der Waals surface area contributed by atoms with E-state index in [-0.39, 0.29) is 18.5 Å². The van der Waals surface area contributed by atoms with Crippen molar-refractivity contribution in [3.8, 4) is 0 Å². The molecule has 1 amide bonds. The third-order valence-electron chi connectivity index (χ3n) is 15.0. The topological polar surface area (TPSA) is 95.9 Å². The van der Waals surface area contributed by atoms with Crippen LogP contribution >= 0.6 is 0 Å². The zero-order valence-corrected chi connectivity index (χ0v) is 48.0. The molecule has 0 radical (unpaired) electrons. The van der Waals surface area contributed by atoms with Gasteiger partial charge in [-0.25, -0.2) is 0 Å². The maximum Gasteiger partial charge on any atom is 0.305 e. The minimum atomic E-state index is -0.841. The first-order chi connectivity index (χ1) is 35.0. The highest BCUT2D eigenvalue weighted by atomic mass is 16.5. The van der Waals surface area contributed by atoms with Crippen LogP contribution in [0.1, 0.15) is 354 Å². The standard InChI is InChI=1S/C65H125NO5/c1-3-5-7-9-11-13-15-33-37-41-45-49-53-57-63(68)62(61-67)66-64(69)58-54-50-46-42-38-35-31-29-27-25-23-21-19-17-18-20-22-24-26-28-30-32-36-40-44-48-52-56-60-71-65(70)59-55-51-47-43-39-34-16-14-12-10-8-6-4-2/h14,16,53,57,62-63,67-68H,3-13,15,17-52,54-56,58-61H2,1-2H3,(H,66,69)/b16-14-,57-53+. The number of carbonyl (C=O) groups is 2. The van der Waals surface area contributed by atoms with E-state index in [4.69, 9.17) is 4.74 Å². The van der Waals surface area contributed by atoms with Gasteiger partial charge in [-0.15, -0.1) is 0 Å². The summed E-state index contributed by atoms with van der Waals surface area (Å²) < 4.78 is 5.48. The summed E-state index contributed by atoms with van der Waals surface area (Å²) in [5, 5.41) is 23.1. The van der Waals surface area contributed by atoms with Crippen molar-refractivity contribution < 1.29 is 24.5 Å². The molecule has 0 fully saturated rings. The van der Waals surface area contributed by atoms with Crippen LogP contribution in [0.5, 0.6) is 0 Å². The number of hydrogen-bond acceptors (Lipinski definition) is 5. The Hall–Kier alpha value is -1.66. The summed E-state index contributed by atoms with van der Waals surface area (Å²) in [6.45, 7) is 4.90. The van der Waals surface area contributed by atoms with Gasteiger partial charge in [0.25, 0.3) is 0 Å². The average molecular weight is 1000 g/mol. The van der Waals surface area contributed by atoms with Crippen LogP contribution in [0.2, 0.25) is 0 Å². The first-order valence-electron chi connectivity index (χ1n) is 32.1. The molecular weight excluding hydrogens is 875 g/mol. The lowest BCUT2D eigenvalue weighted by atomic mass is 10.0. The fourth-order valence-electron chi connectivity index (χ4n) is 10.0. The predicted molar refractivity (Wildman–Crippen MR) is 310 cm³/mol. The average Bonchev–Trinajstić information content (AvgIpc) is 3.37. The number of aliphatic hydroxyl groups excluding tert-OH is 2. The molecule has 0 aromatic carbocycles. The van der Waals surface area contributed by atoms with Crippen molar-refractivity contribution in [2.75, 3.05) is 13.2 Å². The summed E-state index contributed by atoms with van der Waals surface area (Å²) in [5.74, 6) is -0.0544. The van der Waals surface area contributed by atoms with Crippen molar-refractivity contribution in [1.29, 1.82) is 0 Å². The monoisotopic (exact) mass is 1000 g/mol. The molecule has 0 aromatic heterocycles. The summed E-state index contributed by atoms with van der Waals surface area (Å²) in [7, 11) is 0. The quantitative estimate of drug-likeness (QED) is 0.0320. The maximum absolute atomic E-state index is 12.5. The van der Waals surface area contributed by atoms with Gasteiger partial charge in [0.1, 0.15) is 0 Å². The second-order valence-electron chi connectivity index (χ2n) is 22.1. The normalized spacial score (nSPS) is 12.7. The van der Waals surface area contributed by atoms with Crippen LogP contribution in [0.25, 0.3) is 0 Å². The van der Waals surface area contributed by atoms with Crippen molar-refractivity contribution in [1.82, 2.24) is 5.32 Å². The van der Waals surface area contributed by atoms with Crippen LogP contribution in [0.3, 0.4) is 0 Å². The third kappa shape index (κ3) is 57.5. The van der Waals surface area contributed by atoms with Gasteiger partial charge in [0.15, 0.2) is 0 Å². The number of ether oxygens (including phenoxy) is 1. The molecule has 0 aromatic rings. The Bertz CT molecular complexity index is 1110. The van der Waals surface area contributed by atoms with Gasteiger partial charge in [-0.1, -0.05) is 308 Å². The first kappa shape index (κ1) is 69.3. The molecule has 0 bridgehead atoms. The minimum absolute atomic E-state index is 0.00938. The predicted octanol–water partition coefficient (Wildman–Crippen LogP) is 20.2. The summed E-state index contributed by atoms with van der Waals surface area (Å²) in [6.07, 6.45) is 75.2. The van der Waals surface area contributed by atoms with Gasteiger partial charge in [-0.2, -0.15) is 0 Å². The van der Waals surface area contributed by atoms with E-state index < -0.39 is 12.1 Å². The highest BCUT2D eigenvalue weighted by molar-refractivity contribution is 5.76. The van der Waals surface area contributed by atoms with Crippen molar-refractivity contribution in [2.45, 2.75) is 366 Å². The Morgan fingerprint density at radius 3 is 1.01 bits per heavy atom. The van der Waals surface area contributed by atoms with Gasteiger partial charge in [0.05, 0.1) is 25.4 Å². The largest absolute Gasteiger partial charge is 0.466 e. The number of unbranched alkanes of at least 4 members (excludes halogenated alkanes) is 47. The SMILES string of the molecule is CCCCCC/C=C\CCCCCCCC(=O)OCCCCCCCCCCCCCCCCCCCCCCCCCCCCCCC(=O)NC(CO)C(O)/C=C/CCCCCCCCCCCCC. The highest BCUT2D eigenvalue weighted by Gasteiger charge is 2.18. The number of amides is 1. The molecule has 71 heavy (non-hydrogen) atoms. The zero-order valence-electron chi connectivity index (χ0n) is 48.0. The molecule has 0 aliphatic rings. The van der Waals surface area contributed by atoms with Gasteiger partial charge in [-0.3, -0.25) is 9.59 Å². The van der Waals surface area contributed by atoms with Gasteiger partial charge in [-0.05, 0) is 57.8 Å². The van der Waals surface area contributed by atoms with Gasteiger partial charge in [0, 0.05) is 12.8 Å². The summed E-state index contributed by atoms with van der Waals surface area (Å²) in [6, 6.07) is -0.624. The van der Waals surface area contributed by atoms with Crippen LogP contribution in [-0.4, -0.2) is 47.4 Å². The van der Waals surface area contributed by atoms with Crippen molar-refractivity contribution in [3.05, 3.63) is 24.3 Å². The first-order valence-corrected chi connectivity index (χ1v) is 32.1. The van der Waals surface area contributed by atoms with Crippen LogP contribution in [0.4, 0.5) is 0 Å². The maximum atomic E-state index is 12.5. The Kier molecular flexibility index (Phi) is 59.5. The molecule has 0 spiro atoms. The van der Waals surface area contributed by atoms with Crippen molar-refractivity contribution in [2.24, 2.45) is 0 Å². The molecule has 0 aliphatic carbocycles. The molecular formula is C65H125NO5. The molecule has 420 valence electrons. The lowest BCUT2D eigenvalue weighted by molar-refractivity contribution is -0.143. The Labute approximate surface area is 443 Å². The number of carbonyl (C=O) groups excluding carboxylic acids is 2. The van der Waals surface area contributed by atoms with E-state index in [0.29, 0.717) is 19.4 Å². The molecule has 0 aliphatic heterocycles. The van der Waals surface area contributed by atoms with E-state index in [1.807, 2.05) is 6.08 Å². The second-order valence-corrected chi connectivity index (χ2v) is 22.1. The Morgan fingerprint density at radius 2 is 0.662 bits per heavy atom.